The maximum atomic E-state index is 9.53. The van der Waals surface area contributed by atoms with Gasteiger partial charge in [-0.25, -0.2) is 4.98 Å². The summed E-state index contributed by atoms with van der Waals surface area (Å²) in [5.74, 6) is 0.173. The van der Waals surface area contributed by atoms with Crippen LogP contribution in [0.25, 0.3) is 0 Å². The van der Waals surface area contributed by atoms with Crippen molar-refractivity contribution >= 4 is 11.3 Å². The lowest BCUT2D eigenvalue weighted by Crippen LogP contribution is -2.12. The van der Waals surface area contributed by atoms with Crippen LogP contribution in [0.2, 0.25) is 0 Å². The molecule has 2 aromatic rings. The van der Waals surface area contributed by atoms with Crippen LogP contribution in [0.3, 0.4) is 0 Å². The average molecular weight is 236 g/mol. The number of thiazole rings is 1. The Labute approximate surface area is 97.2 Å². The van der Waals surface area contributed by atoms with Crippen molar-refractivity contribution in [3.05, 3.63) is 40.3 Å². The van der Waals surface area contributed by atoms with Crippen LogP contribution in [0, 0.1) is 0 Å². The van der Waals surface area contributed by atoms with Crippen molar-refractivity contribution < 1.29 is 10.2 Å². The van der Waals surface area contributed by atoms with Gasteiger partial charge in [-0.05, 0) is 6.07 Å². The number of rotatable bonds is 4. The number of hydrogen-bond acceptors (Lipinski definition) is 5. The van der Waals surface area contributed by atoms with Gasteiger partial charge in [0, 0.05) is 30.1 Å². The zero-order valence-electron chi connectivity index (χ0n) is 8.55. The van der Waals surface area contributed by atoms with Gasteiger partial charge in [0.1, 0.15) is 11.5 Å². The molecule has 0 saturated carbocycles. The number of phenols is 2. The number of aromatic hydroxyl groups is 2. The van der Waals surface area contributed by atoms with E-state index in [4.69, 9.17) is 5.11 Å². The Balaban J connectivity index is 1.90. The third kappa shape index (κ3) is 2.71. The molecule has 1 aromatic carbocycles. The topological polar surface area (TPSA) is 65.4 Å². The summed E-state index contributed by atoms with van der Waals surface area (Å²) in [5.41, 5.74) is 3.53. The summed E-state index contributed by atoms with van der Waals surface area (Å²) in [6, 6.07) is 4.58. The van der Waals surface area contributed by atoms with Gasteiger partial charge >= 0.3 is 0 Å². The maximum absolute atomic E-state index is 9.53. The number of benzene rings is 1. The van der Waals surface area contributed by atoms with E-state index in [2.05, 4.69) is 10.3 Å². The van der Waals surface area contributed by atoms with Gasteiger partial charge in [0.25, 0.3) is 0 Å². The molecule has 0 amide bonds. The molecule has 0 aliphatic heterocycles. The molecule has 0 aliphatic carbocycles. The first-order valence-corrected chi connectivity index (χ1v) is 5.78. The average Bonchev–Trinajstić information content (AvgIpc) is 2.74. The van der Waals surface area contributed by atoms with E-state index in [0.29, 0.717) is 13.1 Å². The predicted molar refractivity (Wildman–Crippen MR) is 62.4 cm³/mol. The maximum Gasteiger partial charge on any atom is 0.123 e. The molecule has 1 heterocycles. The fraction of sp³-hybridized carbons (Fsp3) is 0.182. The summed E-state index contributed by atoms with van der Waals surface area (Å²) in [7, 11) is 0. The van der Waals surface area contributed by atoms with Gasteiger partial charge in [-0.1, -0.05) is 6.07 Å². The standard InChI is InChI=1S/C11H12N2O2S/c14-10-2-1-8(11(15)3-10)4-12-5-9-6-16-7-13-9/h1-3,6-7,12,14-15H,4-5H2. The van der Waals surface area contributed by atoms with Crippen LogP contribution in [0.15, 0.2) is 29.1 Å². The molecule has 0 atom stereocenters. The van der Waals surface area contributed by atoms with Crippen LogP contribution in [-0.4, -0.2) is 15.2 Å². The molecule has 84 valence electrons. The Kier molecular flexibility index (Phi) is 3.38. The van der Waals surface area contributed by atoms with Crippen molar-refractivity contribution in [1.82, 2.24) is 10.3 Å². The fourth-order valence-corrected chi connectivity index (χ4v) is 1.91. The SMILES string of the molecule is Oc1ccc(CNCc2cscn2)c(O)c1. The van der Waals surface area contributed by atoms with Gasteiger partial charge in [-0.2, -0.15) is 0 Å². The molecule has 16 heavy (non-hydrogen) atoms. The van der Waals surface area contributed by atoms with Crippen molar-refractivity contribution in [1.29, 1.82) is 0 Å². The molecule has 5 heteroatoms. The first-order valence-electron chi connectivity index (χ1n) is 4.84. The molecule has 0 spiro atoms. The molecule has 0 fully saturated rings. The van der Waals surface area contributed by atoms with Gasteiger partial charge < -0.3 is 15.5 Å². The minimum absolute atomic E-state index is 0.0701. The van der Waals surface area contributed by atoms with Crippen LogP contribution < -0.4 is 5.32 Å². The lowest BCUT2D eigenvalue weighted by molar-refractivity contribution is 0.443. The summed E-state index contributed by atoms with van der Waals surface area (Å²) in [6.07, 6.45) is 0. The van der Waals surface area contributed by atoms with Crippen molar-refractivity contribution in [3.63, 3.8) is 0 Å². The van der Waals surface area contributed by atoms with Crippen LogP contribution in [0.5, 0.6) is 11.5 Å². The second-order valence-corrected chi connectivity index (χ2v) is 4.12. The normalized spacial score (nSPS) is 10.5. The zero-order chi connectivity index (χ0) is 11.4. The van der Waals surface area contributed by atoms with Gasteiger partial charge in [-0.3, -0.25) is 0 Å². The van der Waals surface area contributed by atoms with Crippen LogP contribution in [0.4, 0.5) is 0 Å². The molecule has 1 aromatic heterocycles. The second-order valence-electron chi connectivity index (χ2n) is 3.40. The Bertz CT molecular complexity index is 457. The van der Waals surface area contributed by atoms with E-state index in [-0.39, 0.29) is 11.5 Å². The van der Waals surface area contributed by atoms with Gasteiger partial charge in [0.2, 0.25) is 0 Å². The van der Waals surface area contributed by atoms with Crippen molar-refractivity contribution in [3.8, 4) is 11.5 Å². The Morgan fingerprint density at radius 3 is 2.81 bits per heavy atom. The molecule has 0 radical (unpaired) electrons. The van der Waals surface area contributed by atoms with E-state index in [1.54, 1.807) is 29.0 Å². The molecule has 0 bridgehead atoms. The summed E-state index contributed by atoms with van der Waals surface area (Å²) in [5, 5.41) is 23.8. The van der Waals surface area contributed by atoms with Crippen molar-refractivity contribution in [2.45, 2.75) is 13.1 Å². The first-order chi connectivity index (χ1) is 7.75. The molecule has 0 saturated heterocycles. The molecular weight excluding hydrogens is 224 g/mol. The number of nitrogens with zero attached hydrogens (tertiary/aromatic N) is 1. The largest absolute Gasteiger partial charge is 0.508 e. The zero-order valence-corrected chi connectivity index (χ0v) is 9.37. The van der Waals surface area contributed by atoms with Gasteiger partial charge in [-0.15, -0.1) is 11.3 Å². The Morgan fingerprint density at radius 1 is 1.25 bits per heavy atom. The monoisotopic (exact) mass is 236 g/mol. The molecule has 0 aliphatic rings. The number of phenolic OH excluding ortho intramolecular Hbond substituents is 2. The highest BCUT2D eigenvalue weighted by molar-refractivity contribution is 7.07. The summed E-state index contributed by atoms with van der Waals surface area (Å²) >= 11 is 1.56. The highest BCUT2D eigenvalue weighted by atomic mass is 32.1. The fourth-order valence-electron chi connectivity index (χ4n) is 1.35. The van der Waals surface area contributed by atoms with E-state index >= 15 is 0 Å². The second kappa shape index (κ2) is 4.96. The van der Waals surface area contributed by atoms with Crippen molar-refractivity contribution in [2.75, 3.05) is 0 Å². The predicted octanol–water partition coefficient (Wildman–Crippen LogP) is 1.84. The molecule has 3 N–H and O–H groups in total. The highest BCUT2D eigenvalue weighted by Gasteiger charge is 2.02. The lowest BCUT2D eigenvalue weighted by atomic mass is 10.2. The van der Waals surface area contributed by atoms with Crippen LogP contribution in [-0.2, 0) is 13.1 Å². The van der Waals surface area contributed by atoms with Crippen LogP contribution in [0.1, 0.15) is 11.3 Å². The van der Waals surface area contributed by atoms with E-state index < -0.39 is 0 Å². The number of hydrogen-bond donors (Lipinski definition) is 3. The summed E-state index contributed by atoms with van der Waals surface area (Å²) < 4.78 is 0. The quantitative estimate of drug-likeness (QED) is 0.758. The van der Waals surface area contributed by atoms with E-state index in [1.165, 1.54) is 6.07 Å². The molecular formula is C11H12N2O2S. The molecule has 2 rings (SSSR count). The van der Waals surface area contributed by atoms with E-state index in [0.717, 1.165) is 11.3 Å². The Hall–Kier alpha value is -1.59. The number of aromatic nitrogens is 1. The van der Waals surface area contributed by atoms with Gasteiger partial charge in [0.05, 0.1) is 11.2 Å². The molecule has 4 nitrogen and oxygen atoms in total. The smallest absolute Gasteiger partial charge is 0.123 e. The van der Waals surface area contributed by atoms with Gasteiger partial charge in [0.15, 0.2) is 0 Å². The minimum Gasteiger partial charge on any atom is -0.508 e. The highest BCUT2D eigenvalue weighted by Crippen LogP contribution is 2.22. The number of nitrogens with one attached hydrogen (secondary N) is 1. The minimum atomic E-state index is 0.0701. The Morgan fingerprint density at radius 2 is 2.12 bits per heavy atom. The lowest BCUT2D eigenvalue weighted by Gasteiger charge is -2.05. The summed E-state index contributed by atoms with van der Waals surface area (Å²) in [6.45, 7) is 1.22. The third-order valence-corrected chi connectivity index (χ3v) is 2.81. The van der Waals surface area contributed by atoms with E-state index in [9.17, 15) is 5.11 Å². The summed E-state index contributed by atoms with van der Waals surface area (Å²) in [4.78, 5) is 4.14. The van der Waals surface area contributed by atoms with Crippen LogP contribution >= 0.6 is 11.3 Å². The third-order valence-electron chi connectivity index (χ3n) is 2.17. The van der Waals surface area contributed by atoms with E-state index in [1.807, 2.05) is 5.38 Å². The first kappa shape index (κ1) is 10.9. The molecule has 0 unspecified atom stereocenters. The van der Waals surface area contributed by atoms with Crippen molar-refractivity contribution in [2.24, 2.45) is 0 Å².